The molecule has 1 aliphatic rings. The van der Waals surface area contributed by atoms with Crippen LogP contribution in [0.25, 0.3) is 0 Å². The molecule has 0 radical (unpaired) electrons. The SMILES string of the molecule is Nc1cc(Br)ccc1C1CN(Cc2ccccc2)CC1N. The topological polar surface area (TPSA) is 55.3 Å². The van der Waals surface area contributed by atoms with Crippen molar-refractivity contribution < 1.29 is 0 Å². The molecule has 0 aliphatic carbocycles. The molecule has 0 amide bonds. The molecule has 0 bridgehead atoms. The maximum Gasteiger partial charge on any atom is 0.0361 e. The van der Waals surface area contributed by atoms with E-state index in [1.807, 2.05) is 18.2 Å². The van der Waals surface area contributed by atoms with Crippen LogP contribution in [0.4, 0.5) is 5.69 Å². The first-order chi connectivity index (χ1) is 10.1. The minimum absolute atomic E-state index is 0.136. The summed E-state index contributed by atoms with van der Waals surface area (Å²) in [4.78, 5) is 2.41. The second kappa shape index (κ2) is 6.18. The molecule has 4 N–H and O–H groups in total. The Morgan fingerprint density at radius 2 is 1.86 bits per heavy atom. The van der Waals surface area contributed by atoms with Crippen LogP contribution in [0.5, 0.6) is 0 Å². The van der Waals surface area contributed by atoms with E-state index in [2.05, 4.69) is 51.2 Å². The van der Waals surface area contributed by atoms with Crippen molar-refractivity contribution in [2.24, 2.45) is 5.73 Å². The van der Waals surface area contributed by atoms with Gasteiger partial charge in [0.1, 0.15) is 0 Å². The van der Waals surface area contributed by atoms with Crippen LogP contribution < -0.4 is 11.5 Å². The summed E-state index contributed by atoms with van der Waals surface area (Å²) in [6.45, 7) is 2.82. The molecule has 0 saturated carbocycles. The van der Waals surface area contributed by atoms with Gasteiger partial charge in [0, 0.05) is 41.8 Å². The number of anilines is 1. The van der Waals surface area contributed by atoms with E-state index in [9.17, 15) is 0 Å². The summed E-state index contributed by atoms with van der Waals surface area (Å²) < 4.78 is 1.01. The van der Waals surface area contributed by atoms with Crippen molar-refractivity contribution in [3.05, 3.63) is 64.1 Å². The minimum atomic E-state index is 0.136. The zero-order valence-electron chi connectivity index (χ0n) is 11.9. The fraction of sp³-hybridized carbons (Fsp3) is 0.294. The van der Waals surface area contributed by atoms with Gasteiger partial charge in [-0.05, 0) is 23.3 Å². The molecule has 110 valence electrons. The first-order valence-electron chi connectivity index (χ1n) is 7.20. The van der Waals surface area contributed by atoms with Crippen molar-refractivity contribution in [1.82, 2.24) is 4.90 Å². The number of hydrogen-bond acceptors (Lipinski definition) is 3. The van der Waals surface area contributed by atoms with Gasteiger partial charge in [0.2, 0.25) is 0 Å². The summed E-state index contributed by atoms with van der Waals surface area (Å²) in [6.07, 6.45) is 0. The van der Waals surface area contributed by atoms with Gasteiger partial charge in [0.25, 0.3) is 0 Å². The third-order valence-electron chi connectivity index (χ3n) is 4.14. The second-order valence-corrected chi connectivity index (χ2v) is 6.64. The van der Waals surface area contributed by atoms with Gasteiger partial charge in [-0.1, -0.05) is 52.3 Å². The van der Waals surface area contributed by atoms with Crippen molar-refractivity contribution >= 4 is 21.6 Å². The largest absolute Gasteiger partial charge is 0.398 e. The molecule has 21 heavy (non-hydrogen) atoms. The molecule has 1 saturated heterocycles. The fourth-order valence-corrected chi connectivity index (χ4v) is 3.48. The molecule has 3 rings (SSSR count). The Kier molecular flexibility index (Phi) is 4.29. The second-order valence-electron chi connectivity index (χ2n) is 5.72. The smallest absolute Gasteiger partial charge is 0.0361 e. The van der Waals surface area contributed by atoms with E-state index in [0.29, 0.717) is 5.92 Å². The highest BCUT2D eigenvalue weighted by atomic mass is 79.9. The quantitative estimate of drug-likeness (QED) is 0.841. The van der Waals surface area contributed by atoms with E-state index in [4.69, 9.17) is 11.5 Å². The van der Waals surface area contributed by atoms with Crippen LogP contribution in [0.1, 0.15) is 17.0 Å². The Labute approximate surface area is 134 Å². The van der Waals surface area contributed by atoms with Gasteiger partial charge in [0.15, 0.2) is 0 Å². The third-order valence-corrected chi connectivity index (χ3v) is 4.63. The van der Waals surface area contributed by atoms with Crippen LogP contribution in [0, 0.1) is 0 Å². The molecule has 2 aromatic carbocycles. The summed E-state index contributed by atoms with van der Waals surface area (Å²) in [7, 11) is 0. The number of nitrogen functional groups attached to an aromatic ring is 1. The lowest BCUT2D eigenvalue weighted by atomic mass is 9.93. The van der Waals surface area contributed by atoms with Gasteiger partial charge in [-0.3, -0.25) is 4.90 Å². The molecule has 1 fully saturated rings. The van der Waals surface area contributed by atoms with E-state index in [-0.39, 0.29) is 6.04 Å². The lowest BCUT2D eigenvalue weighted by Crippen LogP contribution is -2.29. The average Bonchev–Trinajstić information content (AvgIpc) is 2.80. The monoisotopic (exact) mass is 345 g/mol. The summed E-state index contributed by atoms with van der Waals surface area (Å²) in [5, 5.41) is 0. The molecule has 3 nitrogen and oxygen atoms in total. The number of nitrogens with zero attached hydrogens (tertiary/aromatic N) is 1. The van der Waals surface area contributed by atoms with E-state index in [1.165, 1.54) is 11.1 Å². The highest BCUT2D eigenvalue weighted by Gasteiger charge is 2.32. The van der Waals surface area contributed by atoms with Crippen LogP contribution in [0.3, 0.4) is 0 Å². The van der Waals surface area contributed by atoms with Crippen LogP contribution in [-0.4, -0.2) is 24.0 Å². The zero-order chi connectivity index (χ0) is 14.8. The zero-order valence-corrected chi connectivity index (χ0v) is 13.5. The number of rotatable bonds is 3. The Hall–Kier alpha value is -1.36. The average molecular weight is 346 g/mol. The normalized spacial score (nSPS) is 22.6. The summed E-state index contributed by atoms with van der Waals surface area (Å²) in [5.41, 5.74) is 15.8. The Morgan fingerprint density at radius 3 is 2.57 bits per heavy atom. The van der Waals surface area contributed by atoms with Crippen molar-refractivity contribution in [2.75, 3.05) is 18.8 Å². The lowest BCUT2D eigenvalue weighted by molar-refractivity contribution is 0.324. The number of halogens is 1. The van der Waals surface area contributed by atoms with Gasteiger partial charge in [0.05, 0.1) is 0 Å². The third kappa shape index (κ3) is 3.28. The van der Waals surface area contributed by atoms with Gasteiger partial charge >= 0.3 is 0 Å². The number of nitrogens with two attached hydrogens (primary N) is 2. The maximum atomic E-state index is 6.35. The van der Waals surface area contributed by atoms with E-state index in [0.717, 1.165) is 29.8 Å². The van der Waals surface area contributed by atoms with E-state index >= 15 is 0 Å². The summed E-state index contributed by atoms with van der Waals surface area (Å²) in [6, 6.07) is 16.8. The van der Waals surface area contributed by atoms with Crippen LogP contribution in [0.15, 0.2) is 53.0 Å². The predicted molar refractivity (Wildman–Crippen MR) is 91.0 cm³/mol. The molecular weight excluding hydrogens is 326 g/mol. The highest BCUT2D eigenvalue weighted by molar-refractivity contribution is 9.10. The summed E-state index contributed by atoms with van der Waals surface area (Å²) in [5.74, 6) is 0.307. The first kappa shape index (κ1) is 14.6. The van der Waals surface area contributed by atoms with E-state index < -0.39 is 0 Å². The molecule has 0 spiro atoms. The van der Waals surface area contributed by atoms with Crippen molar-refractivity contribution in [2.45, 2.75) is 18.5 Å². The van der Waals surface area contributed by atoms with Crippen LogP contribution in [0.2, 0.25) is 0 Å². The number of hydrogen-bond donors (Lipinski definition) is 2. The molecule has 0 aromatic heterocycles. The van der Waals surface area contributed by atoms with Crippen molar-refractivity contribution in [3.8, 4) is 0 Å². The maximum absolute atomic E-state index is 6.35. The van der Waals surface area contributed by atoms with Crippen molar-refractivity contribution in [1.29, 1.82) is 0 Å². The Bertz CT molecular complexity index is 615. The van der Waals surface area contributed by atoms with Crippen LogP contribution >= 0.6 is 15.9 Å². The molecule has 4 heteroatoms. The van der Waals surface area contributed by atoms with Gasteiger partial charge in [-0.15, -0.1) is 0 Å². The number of likely N-dealkylation sites (tertiary alicyclic amines) is 1. The van der Waals surface area contributed by atoms with Gasteiger partial charge in [-0.2, -0.15) is 0 Å². The predicted octanol–water partition coefficient (Wildman–Crippen LogP) is 2.96. The van der Waals surface area contributed by atoms with Crippen LogP contribution in [-0.2, 0) is 6.54 Å². The number of benzene rings is 2. The van der Waals surface area contributed by atoms with Gasteiger partial charge < -0.3 is 11.5 Å². The van der Waals surface area contributed by atoms with E-state index in [1.54, 1.807) is 0 Å². The molecule has 2 unspecified atom stereocenters. The first-order valence-corrected chi connectivity index (χ1v) is 7.99. The molecule has 1 aliphatic heterocycles. The molecule has 2 aromatic rings. The minimum Gasteiger partial charge on any atom is -0.398 e. The molecular formula is C17H20BrN3. The molecule has 1 heterocycles. The fourth-order valence-electron chi connectivity index (χ4n) is 3.10. The van der Waals surface area contributed by atoms with Gasteiger partial charge in [-0.25, -0.2) is 0 Å². The molecule has 2 atom stereocenters. The standard InChI is InChI=1S/C17H20BrN3/c18-13-6-7-14(16(19)8-13)15-10-21(11-17(15)20)9-12-4-2-1-3-5-12/h1-8,15,17H,9-11,19-20H2. The lowest BCUT2D eigenvalue weighted by Gasteiger charge is -2.18. The Morgan fingerprint density at radius 1 is 1.10 bits per heavy atom. The highest BCUT2D eigenvalue weighted by Crippen LogP contribution is 2.32. The Balaban J connectivity index is 1.74. The summed E-state index contributed by atoms with van der Waals surface area (Å²) >= 11 is 3.45. The van der Waals surface area contributed by atoms with Crippen molar-refractivity contribution in [3.63, 3.8) is 0 Å².